The third-order valence-corrected chi connectivity index (χ3v) is 4.97. The second kappa shape index (κ2) is 7.66. The minimum absolute atomic E-state index is 0.000406. The van der Waals surface area contributed by atoms with E-state index in [0.717, 1.165) is 38.6 Å². The summed E-state index contributed by atoms with van der Waals surface area (Å²) in [7, 11) is 0. The van der Waals surface area contributed by atoms with Gasteiger partial charge in [0.25, 0.3) is 0 Å². The Labute approximate surface area is 127 Å². The number of carboxylic acids is 1. The molecule has 2 saturated carbocycles. The van der Waals surface area contributed by atoms with Crippen LogP contribution in [0.3, 0.4) is 0 Å². The van der Waals surface area contributed by atoms with Gasteiger partial charge >= 0.3 is 12.0 Å². The van der Waals surface area contributed by atoms with Gasteiger partial charge in [0.05, 0.1) is 5.92 Å². The maximum Gasteiger partial charge on any atom is 0.317 e. The number of hydrogen-bond acceptors (Lipinski definition) is 2. The number of hydrogen-bond donors (Lipinski definition) is 2. The Hall–Kier alpha value is -1.26. The molecule has 0 aromatic heterocycles. The average Bonchev–Trinajstić information content (AvgIpc) is 2.49. The van der Waals surface area contributed by atoms with E-state index >= 15 is 0 Å². The number of rotatable bonds is 4. The second-order valence-electron chi connectivity index (χ2n) is 6.43. The number of carboxylic acid groups (broad SMARTS) is 1. The van der Waals surface area contributed by atoms with Crippen LogP contribution in [0.5, 0.6) is 0 Å². The summed E-state index contributed by atoms with van der Waals surface area (Å²) in [6, 6.07) is 0.382. The molecular weight excluding hydrogens is 268 g/mol. The fraction of sp³-hybridized carbons (Fsp3) is 0.875. The third-order valence-electron chi connectivity index (χ3n) is 4.97. The first kappa shape index (κ1) is 16.1. The minimum Gasteiger partial charge on any atom is -0.481 e. The monoisotopic (exact) mass is 296 g/mol. The molecule has 2 N–H and O–H groups in total. The number of amides is 2. The van der Waals surface area contributed by atoms with Gasteiger partial charge in [-0.05, 0) is 39.0 Å². The van der Waals surface area contributed by atoms with Crippen LogP contribution < -0.4 is 5.32 Å². The molecule has 2 aliphatic rings. The summed E-state index contributed by atoms with van der Waals surface area (Å²) in [6.07, 6.45) is 8.99. The van der Waals surface area contributed by atoms with Crippen molar-refractivity contribution in [3.63, 3.8) is 0 Å². The van der Waals surface area contributed by atoms with E-state index in [4.69, 9.17) is 5.11 Å². The first-order valence-electron chi connectivity index (χ1n) is 8.41. The number of urea groups is 1. The van der Waals surface area contributed by atoms with Crippen molar-refractivity contribution >= 4 is 12.0 Å². The van der Waals surface area contributed by atoms with Crippen LogP contribution in [0.25, 0.3) is 0 Å². The SMILES string of the molecule is CCN(C(=O)NC1CCCC(C(=O)O)C1)C1CCCCC1. The maximum atomic E-state index is 12.5. The predicted octanol–water partition coefficient (Wildman–Crippen LogP) is 2.99. The highest BCUT2D eigenvalue weighted by atomic mass is 16.4. The van der Waals surface area contributed by atoms with Crippen LogP contribution in [0.1, 0.15) is 64.7 Å². The molecule has 2 amide bonds. The smallest absolute Gasteiger partial charge is 0.317 e. The Morgan fingerprint density at radius 2 is 1.81 bits per heavy atom. The molecule has 0 heterocycles. The lowest BCUT2D eigenvalue weighted by molar-refractivity contribution is -0.143. The van der Waals surface area contributed by atoms with Gasteiger partial charge in [0.2, 0.25) is 0 Å². The Bertz CT molecular complexity index is 367. The summed E-state index contributed by atoms with van der Waals surface area (Å²) in [5.74, 6) is -1.03. The first-order valence-corrected chi connectivity index (χ1v) is 8.41. The quantitative estimate of drug-likeness (QED) is 0.838. The van der Waals surface area contributed by atoms with E-state index in [1.54, 1.807) is 0 Å². The lowest BCUT2D eigenvalue weighted by Gasteiger charge is -2.36. The molecule has 21 heavy (non-hydrogen) atoms. The summed E-state index contributed by atoms with van der Waals surface area (Å²) in [6.45, 7) is 2.75. The first-order chi connectivity index (χ1) is 10.1. The van der Waals surface area contributed by atoms with Crippen LogP contribution in [0.4, 0.5) is 4.79 Å². The predicted molar refractivity (Wildman–Crippen MR) is 81.2 cm³/mol. The van der Waals surface area contributed by atoms with E-state index in [9.17, 15) is 9.59 Å². The Morgan fingerprint density at radius 3 is 2.43 bits per heavy atom. The fourth-order valence-electron chi connectivity index (χ4n) is 3.76. The Kier molecular flexibility index (Phi) is 5.88. The molecule has 0 aromatic rings. The topological polar surface area (TPSA) is 69.6 Å². The van der Waals surface area contributed by atoms with Crippen molar-refractivity contribution in [2.75, 3.05) is 6.54 Å². The van der Waals surface area contributed by atoms with Crippen LogP contribution in [-0.2, 0) is 4.79 Å². The zero-order valence-corrected chi connectivity index (χ0v) is 13.0. The van der Waals surface area contributed by atoms with Crippen LogP contribution in [0, 0.1) is 5.92 Å². The largest absolute Gasteiger partial charge is 0.481 e. The van der Waals surface area contributed by atoms with Crippen LogP contribution >= 0.6 is 0 Å². The van der Waals surface area contributed by atoms with Crippen molar-refractivity contribution in [1.82, 2.24) is 10.2 Å². The molecule has 0 radical (unpaired) electrons. The van der Waals surface area contributed by atoms with E-state index in [1.165, 1.54) is 19.3 Å². The van der Waals surface area contributed by atoms with Crippen molar-refractivity contribution < 1.29 is 14.7 Å². The molecule has 0 bridgehead atoms. The van der Waals surface area contributed by atoms with Gasteiger partial charge in [0, 0.05) is 18.6 Å². The molecule has 2 fully saturated rings. The fourth-order valence-corrected chi connectivity index (χ4v) is 3.76. The van der Waals surface area contributed by atoms with Gasteiger partial charge in [0.15, 0.2) is 0 Å². The van der Waals surface area contributed by atoms with Gasteiger partial charge in [-0.1, -0.05) is 25.7 Å². The molecule has 0 aromatic carbocycles. The number of nitrogens with one attached hydrogen (secondary N) is 1. The molecule has 2 unspecified atom stereocenters. The lowest BCUT2D eigenvalue weighted by atomic mass is 9.86. The molecule has 0 saturated heterocycles. The highest BCUT2D eigenvalue weighted by Gasteiger charge is 2.30. The van der Waals surface area contributed by atoms with Crippen LogP contribution in [0.15, 0.2) is 0 Å². The summed E-state index contributed by atoms with van der Waals surface area (Å²) in [5.41, 5.74) is 0. The Balaban J connectivity index is 1.87. The van der Waals surface area contributed by atoms with Crippen LogP contribution in [-0.4, -0.2) is 40.6 Å². The van der Waals surface area contributed by atoms with Crippen molar-refractivity contribution in [2.24, 2.45) is 5.92 Å². The zero-order chi connectivity index (χ0) is 15.2. The molecule has 0 aliphatic heterocycles. The van der Waals surface area contributed by atoms with E-state index in [0.29, 0.717) is 12.5 Å². The number of nitrogens with zero attached hydrogens (tertiary/aromatic N) is 1. The van der Waals surface area contributed by atoms with Crippen LogP contribution in [0.2, 0.25) is 0 Å². The minimum atomic E-state index is -0.728. The van der Waals surface area contributed by atoms with Gasteiger partial charge in [0.1, 0.15) is 0 Å². The summed E-state index contributed by atoms with van der Waals surface area (Å²) >= 11 is 0. The normalized spacial score (nSPS) is 27.1. The molecular formula is C16H28N2O3. The number of aliphatic carboxylic acids is 1. The highest BCUT2D eigenvalue weighted by molar-refractivity contribution is 5.75. The maximum absolute atomic E-state index is 12.5. The second-order valence-corrected chi connectivity index (χ2v) is 6.43. The van der Waals surface area contributed by atoms with Gasteiger partial charge < -0.3 is 15.3 Å². The summed E-state index contributed by atoms with van der Waals surface area (Å²) < 4.78 is 0. The summed E-state index contributed by atoms with van der Waals surface area (Å²) in [5, 5.41) is 12.2. The van der Waals surface area contributed by atoms with Gasteiger partial charge in [-0.3, -0.25) is 4.79 Å². The highest BCUT2D eigenvalue weighted by Crippen LogP contribution is 2.26. The van der Waals surface area contributed by atoms with Crippen molar-refractivity contribution in [3.05, 3.63) is 0 Å². The molecule has 2 aliphatic carbocycles. The van der Waals surface area contributed by atoms with Gasteiger partial charge in [-0.2, -0.15) is 0 Å². The third kappa shape index (κ3) is 4.35. The average molecular weight is 296 g/mol. The van der Waals surface area contributed by atoms with Crippen molar-refractivity contribution in [3.8, 4) is 0 Å². The standard InChI is InChI=1S/C16H28N2O3/c1-2-18(14-9-4-3-5-10-14)16(21)17-13-8-6-7-12(11-13)15(19)20/h12-14H,2-11H2,1H3,(H,17,21)(H,19,20). The van der Waals surface area contributed by atoms with E-state index in [-0.39, 0.29) is 18.0 Å². The lowest BCUT2D eigenvalue weighted by Crippen LogP contribution is -2.50. The molecule has 0 spiro atoms. The zero-order valence-electron chi connectivity index (χ0n) is 13.0. The molecule has 5 nitrogen and oxygen atoms in total. The van der Waals surface area contributed by atoms with Crippen molar-refractivity contribution in [1.29, 1.82) is 0 Å². The summed E-state index contributed by atoms with van der Waals surface area (Å²) in [4.78, 5) is 25.5. The van der Waals surface area contributed by atoms with Gasteiger partial charge in [-0.25, -0.2) is 4.79 Å². The van der Waals surface area contributed by atoms with E-state index in [2.05, 4.69) is 5.32 Å². The van der Waals surface area contributed by atoms with E-state index in [1.807, 2.05) is 11.8 Å². The molecule has 5 heteroatoms. The molecule has 120 valence electrons. The number of carbonyl (C=O) groups excluding carboxylic acids is 1. The number of carbonyl (C=O) groups is 2. The van der Waals surface area contributed by atoms with E-state index < -0.39 is 5.97 Å². The molecule has 2 rings (SSSR count). The van der Waals surface area contributed by atoms with Crippen molar-refractivity contribution in [2.45, 2.75) is 76.8 Å². The molecule has 2 atom stereocenters. The Morgan fingerprint density at radius 1 is 1.10 bits per heavy atom. The van der Waals surface area contributed by atoms with Gasteiger partial charge in [-0.15, -0.1) is 0 Å².